The summed E-state index contributed by atoms with van der Waals surface area (Å²) in [6, 6.07) is 11.4. The van der Waals surface area contributed by atoms with E-state index in [1.54, 1.807) is 28.4 Å². The third-order valence-corrected chi connectivity index (χ3v) is 4.97. The molecule has 0 spiro atoms. The molecule has 0 heterocycles. The minimum Gasteiger partial charge on any atom is -0.496 e. The van der Waals surface area contributed by atoms with Gasteiger partial charge in [0.05, 0.1) is 28.4 Å². The van der Waals surface area contributed by atoms with Gasteiger partial charge in [-0.2, -0.15) is 0 Å². The van der Waals surface area contributed by atoms with Crippen LogP contribution in [-0.4, -0.2) is 34.2 Å². The van der Waals surface area contributed by atoms with E-state index in [4.69, 9.17) is 18.9 Å². The Hall–Kier alpha value is -3.21. The Kier molecular flexibility index (Phi) is 6.60. The number of allylic oxidation sites excluding steroid dienone is 2. The second-order valence-electron chi connectivity index (χ2n) is 6.72. The zero-order valence-corrected chi connectivity index (χ0v) is 17.3. The van der Waals surface area contributed by atoms with E-state index < -0.39 is 0 Å². The van der Waals surface area contributed by atoms with E-state index >= 15 is 0 Å². The molecule has 152 valence electrons. The van der Waals surface area contributed by atoms with E-state index in [0.717, 1.165) is 47.3 Å². The van der Waals surface area contributed by atoms with Crippen LogP contribution in [0.15, 0.2) is 47.5 Å². The van der Waals surface area contributed by atoms with E-state index in [0.29, 0.717) is 17.2 Å². The Labute approximate surface area is 171 Å². The highest BCUT2D eigenvalue weighted by molar-refractivity contribution is 6.14. The van der Waals surface area contributed by atoms with Crippen LogP contribution in [-0.2, 0) is 4.79 Å². The lowest BCUT2D eigenvalue weighted by Crippen LogP contribution is -2.12. The van der Waals surface area contributed by atoms with Gasteiger partial charge in [-0.3, -0.25) is 4.79 Å². The molecule has 0 amide bonds. The van der Waals surface area contributed by atoms with Crippen LogP contribution in [0.2, 0.25) is 0 Å². The molecule has 0 saturated heterocycles. The number of carbonyl (C=O) groups excluding carboxylic acids is 1. The van der Waals surface area contributed by atoms with Crippen LogP contribution < -0.4 is 18.9 Å². The molecule has 0 aliphatic heterocycles. The molecule has 0 radical (unpaired) electrons. The van der Waals surface area contributed by atoms with Gasteiger partial charge >= 0.3 is 0 Å². The molecule has 1 aliphatic rings. The zero-order chi connectivity index (χ0) is 20.8. The molecule has 0 N–H and O–H groups in total. The molecule has 5 nitrogen and oxygen atoms in total. The van der Waals surface area contributed by atoms with Crippen molar-refractivity contribution in [3.05, 3.63) is 58.7 Å². The first kappa shape index (κ1) is 20.5. The lowest BCUT2D eigenvalue weighted by molar-refractivity contribution is -0.112. The molecule has 0 aromatic heterocycles. The number of hydrogen-bond donors (Lipinski definition) is 0. The highest BCUT2D eigenvalue weighted by Gasteiger charge is 2.21. The summed E-state index contributed by atoms with van der Waals surface area (Å²) >= 11 is 0. The predicted octanol–water partition coefficient (Wildman–Crippen LogP) is 4.94. The molecular weight excluding hydrogens is 368 g/mol. The summed E-state index contributed by atoms with van der Waals surface area (Å²) in [6.07, 6.45) is 6.25. The molecule has 0 atom stereocenters. The molecule has 3 rings (SSSR count). The molecule has 2 aromatic carbocycles. The second-order valence-corrected chi connectivity index (χ2v) is 6.72. The van der Waals surface area contributed by atoms with Crippen molar-refractivity contribution in [1.82, 2.24) is 0 Å². The summed E-state index contributed by atoms with van der Waals surface area (Å²) in [5.41, 5.74) is 3.31. The topological polar surface area (TPSA) is 54.0 Å². The first-order valence-corrected chi connectivity index (χ1v) is 9.50. The van der Waals surface area contributed by atoms with Gasteiger partial charge in [0.15, 0.2) is 17.3 Å². The van der Waals surface area contributed by atoms with Gasteiger partial charge in [0.1, 0.15) is 5.75 Å². The number of carbonyl (C=O) groups is 1. The molecule has 1 fully saturated rings. The van der Waals surface area contributed by atoms with Gasteiger partial charge in [-0.25, -0.2) is 0 Å². The van der Waals surface area contributed by atoms with Crippen molar-refractivity contribution in [3.8, 4) is 23.0 Å². The van der Waals surface area contributed by atoms with Crippen molar-refractivity contribution in [2.45, 2.75) is 19.3 Å². The summed E-state index contributed by atoms with van der Waals surface area (Å²) < 4.78 is 21.6. The fourth-order valence-electron chi connectivity index (χ4n) is 3.54. The van der Waals surface area contributed by atoms with Crippen molar-refractivity contribution in [2.24, 2.45) is 0 Å². The van der Waals surface area contributed by atoms with Crippen LogP contribution in [0.4, 0.5) is 0 Å². The molecule has 5 heteroatoms. The smallest absolute Gasteiger partial charge is 0.203 e. The lowest BCUT2D eigenvalue weighted by atomic mass is 9.86. The maximum atomic E-state index is 13.1. The quantitative estimate of drug-likeness (QED) is 0.650. The number of para-hydroxylation sites is 1. The molecule has 0 bridgehead atoms. The first-order valence-electron chi connectivity index (χ1n) is 9.50. The predicted molar refractivity (Wildman–Crippen MR) is 114 cm³/mol. The highest BCUT2D eigenvalue weighted by atomic mass is 16.5. The van der Waals surface area contributed by atoms with Crippen molar-refractivity contribution in [1.29, 1.82) is 0 Å². The summed E-state index contributed by atoms with van der Waals surface area (Å²) in [5.74, 6) is 2.48. The minimum atomic E-state index is 0.0657. The summed E-state index contributed by atoms with van der Waals surface area (Å²) in [5, 5.41) is 0. The Morgan fingerprint density at radius 2 is 1.34 bits per heavy atom. The van der Waals surface area contributed by atoms with Crippen LogP contribution in [0.1, 0.15) is 30.4 Å². The summed E-state index contributed by atoms with van der Waals surface area (Å²) in [7, 11) is 6.36. The number of ether oxygens (including phenoxy) is 4. The van der Waals surface area contributed by atoms with E-state index in [1.807, 2.05) is 48.6 Å². The van der Waals surface area contributed by atoms with E-state index in [2.05, 4.69) is 0 Å². The van der Waals surface area contributed by atoms with Gasteiger partial charge in [0, 0.05) is 16.7 Å². The van der Waals surface area contributed by atoms with E-state index in [9.17, 15) is 4.79 Å². The average molecular weight is 394 g/mol. The number of methoxy groups -OCH3 is 4. The van der Waals surface area contributed by atoms with Gasteiger partial charge in [-0.05, 0) is 55.2 Å². The molecule has 29 heavy (non-hydrogen) atoms. The van der Waals surface area contributed by atoms with Crippen molar-refractivity contribution in [2.75, 3.05) is 28.4 Å². The Bertz CT molecular complexity index is 930. The normalized spacial score (nSPS) is 16.8. The van der Waals surface area contributed by atoms with Crippen molar-refractivity contribution in [3.63, 3.8) is 0 Å². The third kappa shape index (κ3) is 4.45. The van der Waals surface area contributed by atoms with Gasteiger partial charge in [-0.15, -0.1) is 0 Å². The van der Waals surface area contributed by atoms with Gasteiger partial charge in [-0.1, -0.05) is 18.2 Å². The largest absolute Gasteiger partial charge is 0.496 e. The van der Waals surface area contributed by atoms with Crippen LogP contribution >= 0.6 is 0 Å². The fourth-order valence-corrected chi connectivity index (χ4v) is 3.54. The molecular formula is C24H26O5. The van der Waals surface area contributed by atoms with Crippen LogP contribution in [0.3, 0.4) is 0 Å². The maximum absolute atomic E-state index is 13.1. The van der Waals surface area contributed by atoms with Crippen molar-refractivity contribution >= 4 is 17.9 Å². The summed E-state index contributed by atoms with van der Waals surface area (Å²) in [6.45, 7) is 0. The zero-order valence-electron chi connectivity index (χ0n) is 17.3. The molecule has 1 aliphatic carbocycles. The summed E-state index contributed by atoms with van der Waals surface area (Å²) in [4.78, 5) is 13.1. The average Bonchev–Trinajstić information content (AvgIpc) is 2.76. The second kappa shape index (κ2) is 9.32. The standard InChI is InChI=1S/C24H26O5/c1-26-20-11-6-5-8-17(20)15-19-10-7-9-18(23(19)25)12-16-13-21(27-2)24(29-4)22(14-16)28-3/h5-6,8,11-15H,7,9-10H2,1-4H3/b18-12+,19-15+. The number of ketones is 1. The SMILES string of the molecule is COc1ccccc1/C=C1\CCC/C(=C\c2cc(OC)c(OC)c(OC)c2)C1=O. The van der Waals surface area contributed by atoms with E-state index in [-0.39, 0.29) is 5.78 Å². The first-order chi connectivity index (χ1) is 14.1. The van der Waals surface area contributed by atoms with Crippen LogP contribution in [0, 0.1) is 0 Å². The van der Waals surface area contributed by atoms with Gasteiger partial charge < -0.3 is 18.9 Å². The molecule has 2 aromatic rings. The molecule has 0 unspecified atom stereocenters. The molecule has 1 saturated carbocycles. The van der Waals surface area contributed by atoms with Crippen molar-refractivity contribution < 1.29 is 23.7 Å². The van der Waals surface area contributed by atoms with E-state index in [1.165, 1.54) is 0 Å². The minimum absolute atomic E-state index is 0.0657. The van der Waals surface area contributed by atoms with Crippen LogP contribution in [0.5, 0.6) is 23.0 Å². The fraction of sp³-hybridized carbons (Fsp3) is 0.292. The Morgan fingerprint density at radius 1 is 0.759 bits per heavy atom. The van der Waals surface area contributed by atoms with Gasteiger partial charge in [0.25, 0.3) is 0 Å². The number of hydrogen-bond acceptors (Lipinski definition) is 5. The highest BCUT2D eigenvalue weighted by Crippen LogP contribution is 2.39. The third-order valence-electron chi connectivity index (χ3n) is 4.97. The number of benzene rings is 2. The Balaban J connectivity index is 1.96. The monoisotopic (exact) mass is 394 g/mol. The maximum Gasteiger partial charge on any atom is 0.203 e. The number of Topliss-reactive ketones (excluding diaryl/α,β-unsaturated/α-hetero) is 1. The number of rotatable bonds is 6. The lowest BCUT2D eigenvalue weighted by Gasteiger charge is -2.18. The van der Waals surface area contributed by atoms with Gasteiger partial charge in [0.2, 0.25) is 5.75 Å². The Morgan fingerprint density at radius 3 is 1.93 bits per heavy atom. The van der Waals surface area contributed by atoms with Crippen LogP contribution in [0.25, 0.3) is 12.2 Å².